The third-order valence-corrected chi connectivity index (χ3v) is 5.91. The molecule has 1 unspecified atom stereocenters. The molecule has 0 aromatic heterocycles. The Labute approximate surface area is 183 Å². The van der Waals surface area contributed by atoms with Gasteiger partial charge in [-0.3, -0.25) is 23.9 Å². The second-order valence-corrected chi connectivity index (χ2v) is 8.80. The lowest BCUT2D eigenvalue weighted by Gasteiger charge is -2.27. The lowest BCUT2D eigenvalue weighted by Crippen LogP contribution is -2.55. The van der Waals surface area contributed by atoms with Gasteiger partial charge in [0, 0.05) is 6.54 Å². The van der Waals surface area contributed by atoms with Crippen molar-refractivity contribution in [2.45, 2.75) is 83.5 Å². The Balaban J connectivity index is 2.11. The first-order chi connectivity index (χ1) is 14.8. The van der Waals surface area contributed by atoms with Crippen molar-refractivity contribution >= 4 is 23.5 Å². The fraction of sp³-hybridized carbons (Fsp3) is 0.800. The SMILES string of the molecule is CC[C@@H](O)C(=O)N[C@H](CC1(C)CC1)C(=O)NC(C)C(=O)[C@@H](OC(F)(F)F)[C@@H]1CCNC1=O. The molecular formula is C20H30F3N3O6. The van der Waals surface area contributed by atoms with E-state index in [1.165, 1.54) is 6.92 Å². The van der Waals surface area contributed by atoms with Gasteiger partial charge in [-0.25, -0.2) is 0 Å². The molecule has 32 heavy (non-hydrogen) atoms. The van der Waals surface area contributed by atoms with Crippen LogP contribution in [0.25, 0.3) is 0 Å². The molecule has 1 aliphatic carbocycles. The third-order valence-electron chi connectivity index (χ3n) is 5.91. The van der Waals surface area contributed by atoms with Crippen LogP contribution in [0.15, 0.2) is 0 Å². The number of rotatable bonds is 11. The topological polar surface area (TPSA) is 134 Å². The van der Waals surface area contributed by atoms with Crippen molar-refractivity contribution in [1.29, 1.82) is 0 Å². The molecule has 0 radical (unpaired) electrons. The van der Waals surface area contributed by atoms with Crippen molar-refractivity contribution < 1.29 is 42.2 Å². The van der Waals surface area contributed by atoms with E-state index in [4.69, 9.17) is 0 Å². The number of nitrogens with one attached hydrogen (secondary N) is 3. The Hall–Kier alpha value is -2.21. The highest BCUT2D eigenvalue weighted by Gasteiger charge is 2.47. The average Bonchev–Trinajstić information content (AvgIpc) is 3.27. The number of ether oxygens (including phenoxy) is 1. The Morgan fingerprint density at radius 3 is 2.34 bits per heavy atom. The number of carbonyl (C=O) groups is 4. The number of halogens is 3. The van der Waals surface area contributed by atoms with Gasteiger partial charge in [0.15, 0.2) is 5.78 Å². The van der Waals surface area contributed by atoms with Crippen LogP contribution < -0.4 is 16.0 Å². The van der Waals surface area contributed by atoms with Crippen LogP contribution in [0.3, 0.4) is 0 Å². The van der Waals surface area contributed by atoms with Crippen LogP contribution in [-0.2, 0) is 23.9 Å². The summed E-state index contributed by atoms with van der Waals surface area (Å²) in [6.07, 6.45) is -6.56. The number of amides is 3. The minimum Gasteiger partial charge on any atom is -0.383 e. The minimum absolute atomic E-state index is 0.0159. The van der Waals surface area contributed by atoms with Crippen LogP contribution in [0, 0.1) is 11.3 Å². The zero-order valence-electron chi connectivity index (χ0n) is 18.3. The van der Waals surface area contributed by atoms with Crippen LogP contribution in [0.4, 0.5) is 13.2 Å². The van der Waals surface area contributed by atoms with Gasteiger partial charge in [-0.05, 0) is 44.4 Å². The Morgan fingerprint density at radius 1 is 1.25 bits per heavy atom. The van der Waals surface area contributed by atoms with E-state index in [9.17, 15) is 37.5 Å². The molecule has 12 heteroatoms. The molecule has 4 N–H and O–H groups in total. The first-order valence-corrected chi connectivity index (χ1v) is 10.6. The molecule has 182 valence electrons. The fourth-order valence-corrected chi connectivity index (χ4v) is 3.59. The van der Waals surface area contributed by atoms with E-state index in [2.05, 4.69) is 20.7 Å². The van der Waals surface area contributed by atoms with E-state index in [1.54, 1.807) is 6.92 Å². The van der Waals surface area contributed by atoms with E-state index in [0.717, 1.165) is 12.8 Å². The molecule has 1 heterocycles. The van der Waals surface area contributed by atoms with Crippen LogP contribution in [0.1, 0.15) is 52.9 Å². The summed E-state index contributed by atoms with van der Waals surface area (Å²) in [6.45, 7) is 4.80. The van der Waals surface area contributed by atoms with E-state index in [-0.39, 0.29) is 31.2 Å². The normalized spacial score (nSPS) is 23.5. The molecule has 2 rings (SSSR count). The van der Waals surface area contributed by atoms with Crippen molar-refractivity contribution in [2.24, 2.45) is 11.3 Å². The second-order valence-electron chi connectivity index (χ2n) is 8.80. The Kier molecular flexibility index (Phi) is 8.27. The zero-order valence-corrected chi connectivity index (χ0v) is 18.3. The van der Waals surface area contributed by atoms with Crippen molar-refractivity contribution in [3.05, 3.63) is 0 Å². The number of aliphatic hydroxyl groups is 1. The number of alkyl halides is 3. The highest BCUT2D eigenvalue weighted by atomic mass is 19.4. The highest BCUT2D eigenvalue weighted by molar-refractivity contribution is 5.97. The van der Waals surface area contributed by atoms with Gasteiger partial charge in [-0.2, -0.15) is 0 Å². The maximum absolute atomic E-state index is 12.9. The first-order valence-electron chi connectivity index (χ1n) is 10.6. The number of Topliss-reactive ketones (excluding diaryl/α,β-unsaturated/α-hetero) is 1. The molecule has 0 aromatic rings. The first kappa shape index (κ1) is 26.0. The quantitative estimate of drug-likeness (QED) is 0.352. The van der Waals surface area contributed by atoms with Crippen molar-refractivity contribution in [2.75, 3.05) is 6.54 Å². The zero-order chi connectivity index (χ0) is 24.3. The fourth-order valence-electron chi connectivity index (χ4n) is 3.59. The summed E-state index contributed by atoms with van der Waals surface area (Å²) in [5, 5.41) is 16.9. The molecule has 1 aliphatic heterocycles. The lowest BCUT2D eigenvalue weighted by molar-refractivity contribution is -0.341. The Bertz CT molecular complexity index is 741. The van der Waals surface area contributed by atoms with Gasteiger partial charge in [0.25, 0.3) is 0 Å². The summed E-state index contributed by atoms with van der Waals surface area (Å²) in [4.78, 5) is 49.5. The van der Waals surface area contributed by atoms with Crippen LogP contribution in [0.2, 0.25) is 0 Å². The second kappa shape index (κ2) is 10.2. The van der Waals surface area contributed by atoms with E-state index in [1.807, 2.05) is 6.92 Å². The van der Waals surface area contributed by atoms with Crippen LogP contribution in [0.5, 0.6) is 0 Å². The van der Waals surface area contributed by atoms with Crippen molar-refractivity contribution in [1.82, 2.24) is 16.0 Å². The molecular weight excluding hydrogens is 435 g/mol. The predicted octanol–water partition coefficient (Wildman–Crippen LogP) is 0.547. The summed E-state index contributed by atoms with van der Waals surface area (Å²) in [6, 6.07) is -2.49. The summed E-state index contributed by atoms with van der Waals surface area (Å²) in [5.74, 6) is -4.68. The maximum Gasteiger partial charge on any atom is 0.523 e. The van der Waals surface area contributed by atoms with E-state index < -0.39 is 60.1 Å². The average molecular weight is 465 g/mol. The maximum atomic E-state index is 12.9. The molecule has 3 amide bonds. The highest BCUT2D eigenvalue weighted by Crippen LogP contribution is 2.48. The predicted molar refractivity (Wildman–Crippen MR) is 105 cm³/mol. The third kappa shape index (κ3) is 7.16. The Morgan fingerprint density at radius 2 is 1.88 bits per heavy atom. The van der Waals surface area contributed by atoms with Gasteiger partial charge >= 0.3 is 6.36 Å². The van der Waals surface area contributed by atoms with Crippen LogP contribution in [-0.4, -0.2) is 65.8 Å². The lowest BCUT2D eigenvalue weighted by atomic mass is 9.93. The van der Waals surface area contributed by atoms with Crippen molar-refractivity contribution in [3.8, 4) is 0 Å². The smallest absolute Gasteiger partial charge is 0.383 e. The number of ketones is 1. The largest absolute Gasteiger partial charge is 0.523 e. The number of carbonyl (C=O) groups excluding carboxylic acids is 4. The van der Waals surface area contributed by atoms with Crippen LogP contribution >= 0.6 is 0 Å². The minimum atomic E-state index is -5.15. The molecule has 0 aromatic carbocycles. The summed E-state index contributed by atoms with van der Waals surface area (Å²) in [7, 11) is 0. The standard InChI is InChI=1S/C20H30F3N3O6/c1-4-13(27)18(31)26-12(9-19(3)6-7-19)17(30)25-10(2)14(28)15(32-20(21,22)23)11-5-8-24-16(11)29/h10-13,15,27H,4-9H2,1-3H3,(H,24,29)(H,25,30)(H,26,31)/t10?,11-,12+,13+,15-/m0/s1. The van der Waals surface area contributed by atoms with Gasteiger partial charge in [-0.15, -0.1) is 13.2 Å². The molecule has 9 nitrogen and oxygen atoms in total. The summed E-state index contributed by atoms with van der Waals surface area (Å²) >= 11 is 0. The van der Waals surface area contributed by atoms with Crippen molar-refractivity contribution in [3.63, 3.8) is 0 Å². The van der Waals surface area contributed by atoms with Gasteiger partial charge in [-0.1, -0.05) is 13.8 Å². The number of hydrogen-bond acceptors (Lipinski definition) is 6. The molecule has 2 aliphatic rings. The molecule has 0 bridgehead atoms. The molecule has 1 saturated carbocycles. The summed E-state index contributed by atoms with van der Waals surface area (Å²) < 4.78 is 42.6. The molecule has 5 atom stereocenters. The number of aliphatic hydroxyl groups excluding tert-OH is 1. The molecule has 1 saturated heterocycles. The van der Waals surface area contributed by atoms with Gasteiger partial charge < -0.3 is 21.1 Å². The van der Waals surface area contributed by atoms with E-state index in [0.29, 0.717) is 0 Å². The van der Waals surface area contributed by atoms with Gasteiger partial charge in [0.2, 0.25) is 17.7 Å². The number of hydrogen-bond donors (Lipinski definition) is 4. The molecule has 2 fully saturated rings. The van der Waals surface area contributed by atoms with Gasteiger partial charge in [0.05, 0.1) is 12.0 Å². The van der Waals surface area contributed by atoms with E-state index >= 15 is 0 Å². The monoisotopic (exact) mass is 465 g/mol. The van der Waals surface area contributed by atoms with Gasteiger partial charge in [0.1, 0.15) is 18.2 Å². The molecule has 0 spiro atoms. The summed E-state index contributed by atoms with van der Waals surface area (Å²) in [5.41, 5.74) is -0.191.